The Bertz CT molecular complexity index is 741. The van der Waals surface area contributed by atoms with Gasteiger partial charge in [-0.3, -0.25) is 4.90 Å². The molecule has 0 saturated carbocycles. The summed E-state index contributed by atoms with van der Waals surface area (Å²) < 4.78 is 0. The van der Waals surface area contributed by atoms with Crippen LogP contribution in [0.25, 0.3) is 0 Å². The highest BCUT2D eigenvalue weighted by atomic mass is 35.5. The molecule has 1 aliphatic heterocycles. The fraction of sp³-hybridized carbons (Fsp3) is 0.316. The lowest BCUT2D eigenvalue weighted by Gasteiger charge is -2.36. The Morgan fingerprint density at radius 3 is 2.32 bits per heavy atom. The van der Waals surface area contributed by atoms with Crippen LogP contribution >= 0.6 is 35.4 Å². The molecular weight excluding hydrogens is 373 g/mol. The van der Waals surface area contributed by atoms with Crippen LogP contribution in [-0.4, -0.2) is 41.1 Å². The van der Waals surface area contributed by atoms with Crippen molar-refractivity contribution in [3.05, 3.63) is 63.6 Å². The molecule has 1 heterocycles. The van der Waals surface area contributed by atoms with Crippen LogP contribution in [0.1, 0.15) is 11.1 Å². The Morgan fingerprint density at radius 1 is 1.00 bits per heavy atom. The standard InChI is InChI=1S/C19H21Cl2N3S/c1-14-2-4-15(5-3-14)13-23-8-10-24(11-9-23)19(25)22-16-6-7-17(20)18(21)12-16/h2-7,12H,8-11,13H2,1H3,(H,22,25). The van der Waals surface area contributed by atoms with Crippen LogP contribution in [0.4, 0.5) is 5.69 Å². The van der Waals surface area contributed by atoms with Crippen molar-refractivity contribution in [1.29, 1.82) is 0 Å². The van der Waals surface area contributed by atoms with Crippen LogP contribution < -0.4 is 5.32 Å². The monoisotopic (exact) mass is 393 g/mol. The second-order valence-electron chi connectivity index (χ2n) is 6.31. The third-order valence-electron chi connectivity index (χ3n) is 4.36. The van der Waals surface area contributed by atoms with E-state index in [1.165, 1.54) is 11.1 Å². The zero-order valence-corrected chi connectivity index (χ0v) is 16.5. The van der Waals surface area contributed by atoms with E-state index >= 15 is 0 Å². The number of nitrogens with zero attached hydrogens (tertiary/aromatic N) is 2. The van der Waals surface area contributed by atoms with E-state index in [0.717, 1.165) is 43.5 Å². The van der Waals surface area contributed by atoms with Crippen molar-refractivity contribution in [2.45, 2.75) is 13.5 Å². The maximum absolute atomic E-state index is 6.05. The van der Waals surface area contributed by atoms with Gasteiger partial charge >= 0.3 is 0 Å². The van der Waals surface area contributed by atoms with Crippen LogP contribution in [0.15, 0.2) is 42.5 Å². The molecule has 0 radical (unpaired) electrons. The summed E-state index contributed by atoms with van der Waals surface area (Å²) >= 11 is 17.5. The fourth-order valence-electron chi connectivity index (χ4n) is 2.84. The van der Waals surface area contributed by atoms with E-state index in [0.29, 0.717) is 10.0 Å². The minimum Gasteiger partial charge on any atom is -0.346 e. The van der Waals surface area contributed by atoms with Crippen molar-refractivity contribution in [3.8, 4) is 0 Å². The lowest BCUT2D eigenvalue weighted by Crippen LogP contribution is -2.49. The molecule has 0 aliphatic carbocycles. The summed E-state index contributed by atoms with van der Waals surface area (Å²) in [5.41, 5.74) is 3.52. The maximum atomic E-state index is 6.05. The van der Waals surface area contributed by atoms with Gasteiger partial charge in [0.05, 0.1) is 10.0 Å². The second kappa shape index (κ2) is 8.37. The summed E-state index contributed by atoms with van der Waals surface area (Å²) in [7, 11) is 0. The number of anilines is 1. The van der Waals surface area contributed by atoms with Crippen molar-refractivity contribution in [2.24, 2.45) is 0 Å². The van der Waals surface area contributed by atoms with E-state index < -0.39 is 0 Å². The second-order valence-corrected chi connectivity index (χ2v) is 7.51. The van der Waals surface area contributed by atoms with E-state index in [1.54, 1.807) is 12.1 Å². The van der Waals surface area contributed by atoms with Crippen molar-refractivity contribution >= 4 is 46.2 Å². The lowest BCUT2D eigenvalue weighted by molar-refractivity contribution is 0.177. The highest BCUT2D eigenvalue weighted by Crippen LogP contribution is 2.25. The molecule has 132 valence electrons. The first-order valence-electron chi connectivity index (χ1n) is 8.30. The summed E-state index contributed by atoms with van der Waals surface area (Å²) in [5, 5.41) is 5.05. The molecule has 0 amide bonds. The van der Waals surface area contributed by atoms with Gasteiger partial charge in [0.25, 0.3) is 0 Å². The zero-order chi connectivity index (χ0) is 17.8. The number of nitrogens with one attached hydrogen (secondary N) is 1. The van der Waals surface area contributed by atoms with Gasteiger partial charge in [-0.1, -0.05) is 53.0 Å². The first-order valence-corrected chi connectivity index (χ1v) is 9.46. The molecule has 25 heavy (non-hydrogen) atoms. The van der Waals surface area contributed by atoms with Gasteiger partial charge in [-0.05, 0) is 42.9 Å². The summed E-state index contributed by atoms with van der Waals surface area (Å²) in [6, 6.07) is 14.2. The van der Waals surface area contributed by atoms with Gasteiger partial charge in [-0.25, -0.2) is 0 Å². The molecule has 1 fully saturated rings. The molecule has 3 rings (SSSR count). The Kier molecular flexibility index (Phi) is 6.18. The summed E-state index contributed by atoms with van der Waals surface area (Å²) in [6.07, 6.45) is 0. The molecule has 0 bridgehead atoms. The highest BCUT2D eigenvalue weighted by molar-refractivity contribution is 7.80. The Labute approximate surface area is 164 Å². The molecule has 3 nitrogen and oxygen atoms in total. The van der Waals surface area contributed by atoms with Gasteiger partial charge in [0.1, 0.15) is 0 Å². The van der Waals surface area contributed by atoms with Gasteiger partial charge in [0.15, 0.2) is 5.11 Å². The Morgan fingerprint density at radius 2 is 1.68 bits per heavy atom. The normalized spacial score (nSPS) is 15.2. The third-order valence-corrected chi connectivity index (χ3v) is 5.46. The maximum Gasteiger partial charge on any atom is 0.173 e. The fourth-order valence-corrected chi connectivity index (χ4v) is 3.44. The Balaban J connectivity index is 1.50. The van der Waals surface area contributed by atoms with Crippen LogP contribution in [0.5, 0.6) is 0 Å². The summed E-state index contributed by atoms with van der Waals surface area (Å²) in [5.74, 6) is 0. The molecule has 1 N–H and O–H groups in total. The first-order chi connectivity index (χ1) is 12.0. The van der Waals surface area contributed by atoms with E-state index in [2.05, 4.69) is 46.3 Å². The van der Waals surface area contributed by atoms with Crippen molar-refractivity contribution in [3.63, 3.8) is 0 Å². The zero-order valence-electron chi connectivity index (χ0n) is 14.1. The van der Waals surface area contributed by atoms with E-state index in [1.807, 2.05) is 6.07 Å². The third kappa shape index (κ3) is 5.08. The smallest absolute Gasteiger partial charge is 0.173 e. The first kappa shape index (κ1) is 18.5. The molecule has 0 atom stereocenters. The van der Waals surface area contributed by atoms with Crippen LogP contribution in [0.3, 0.4) is 0 Å². The molecule has 0 unspecified atom stereocenters. The molecular formula is C19H21Cl2N3S. The number of halogens is 2. The summed E-state index contributed by atoms with van der Waals surface area (Å²) in [6.45, 7) is 6.93. The van der Waals surface area contributed by atoms with Gasteiger partial charge in [-0.2, -0.15) is 0 Å². The molecule has 1 saturated heterocycles. The molecule has 2 aromatic rings. The quantitative estimate of drug-likeness (QED) is 0.753. The van der Waals surface area contributed by atoms with Crippen LogP contribution in [0, 0.1) is 6.92 Å². The van der Waals surface area contributed by atoms with Crippen LogP contribution in [0.2, 0.25) is 10.0 Å². The highest BCUT2D eigenvalue weighted by Gasteiger charge is 2.19. The molecule has 2 aromatic carbocycles. The van der Waals surface area contributed by atoms with Gasteiger partial charge in [0, 0.05) is 38.4 Å². The number of hydrogen-bond acceptors (Lipinski definition) is 2. The SMILES string of the molecule is Cc1ccc(CN2CCN(C(=S)Nc3ccc(Cl)c(Cl)c3)CC2)cc1. The lowest BCUT2D eigenvalue weighted by atomic mass is 10.1. The minimum atomic E-state index is 0.525. The van der Waals surface area contributed by atoms with Crippen molar-refractivity contribution in [2.75, 3.05) is 31.5 Å². The Hall–Kier alpha value is -1.33. The van der Waals surface area contributed by atoms with Crippen molar-refractivity contribution in [1.82, 2.24) is 9.80 Å². The average molecular weight is 394 g/mol. The van der Waals surface area contributed by atoms with E-state index in [-0.39, 0.29) is 0 Å². The number of thiocarbonyl (C=S) groups is 1. The number of piperazine rings is 1. The van der Waals surface area contributed by atoms with Gasteiger partial charge < -0.3 is 10.2 Å². The van der Waals surface area contributed by atoms with Gasteiger partial charge in [0.2, 0.25) is 0 Å². The number of hydrogen-bond donors (Lipinski definition) is 1. The largest absolute Gasteiger partial charge is 0.346 e. The predicted molar refractivity (Wildman–Crippen MR) is 111 cm³/mol. The van der Waals surface area contributed by atoms with E-state index in [9.17, 15) is 0 Å². The molecule has 0 aromatic heterocycles. The minimum absolute atomic E-state index is 0.525. The average Bonchev–Trinajstić information content (AvgIpc) is 2.61. The summed E-state index contributed by atoms with van der Waals surface area (Å²) in [4.78, 5) is 4.66. The van der Waals surface area contributed by atoms with E-state index in [4.69, 9.17) is 35.4 Å². The predicted octanol–water partition coefficient (Wildman–Crippen LogP) is 4.82. The van der Waals surface area contributed by atoms with Crippen LogP contribution in [-0.2, 0) is 6.54 Å². The van der Waals surface area contributed by atoms with Crippen molar-refractivity contribution < 1.29 is 0 Å². The topological polar surface area (TPSA) is 18.5 Å². The molecule has 6 heteroatoms. The number of aryl methyl sites for hydroxylation is 1. The number of benzene rings is 2. The van der Waals surface area contributed by atoms with Gasteiger partial charge in [-0.15, -0.1) is 0 Å². The molecule has 0 spiro atoms. The number of rotatable bonds is 3. The molecule has 1 aliphatic rings.